The zero-order chi connectivity index (χ0) is 111. The number of hydroxylamine groups is 4. The summed E-state index contributed by atoms with van der Waals surface area (Å²) in [7, 11) is 18.1. The van der Waals surface area contributed by atoms with Gasteiger partial charge in [-0.3, -0.25) is 76.1 Å². The molecule has 822 valence electrons. The van der Waals surface area contributed by atoms with Crippen LogP contribution in [0.2, 0.25) is 0 Å². The summed E-state index contributed by atoms with van der Waals surface area (Å²) in [5, 5.41) is 2.93. The molecule has 2 aliphatic heterocycles. The normalized spacial score (nSPS) is 15.4. The van der Waals surface area contributed by atoms with Crippen molar-refractivity contribution in [3.05, 3.63) is 24.3 Å². The van der Waals surface area contributed by atoms with Gasteiger partial charge in [0.1, 0.15) is 112 Å². The van der Waals surface area contributed by atoms with Crippen molar-refractivity contribution < 1.29 is 226 Å². The molecule has 0 bridgehead atoms. The molecule has 57 heteroatoms. The van der Waals surface area contributed by atoms with Crippen LogP contribution in [-0.2, 0) is 184 Å². The van der Waals surface area contributed by atoms with Gasteiger partial charge >= 0.3 is 72.1 Å². The number of likely N-dealkylation sites (N-methyl/N-ethyl adjacent to an activating group) is 3. The van der Waals surface area contributed by atoms with Gasteiger partial charge in [0.15, 0.2) is 0 Å². The number of imide groups is 2. The molecule has 7 atom stereocenters. The third kappa shape index (κ3) is 71.5. The van der Waals surface area contributed by atoms with Crippen molar-refractivity contribution in [2.75, 3.05) is 253 Å². The molecule has 2 saturated heterocycles. The minimum atomic E-state index is -4.66. The molecule has 0 aliphatic carbocycles. The molecule has 0 radical (unpaired) electrons. The molecule has 0 aromatic heterocycles. The summed E-state index contributed by atoms with van der Waals surface area (Å²) in [5.41, 5.74) is -4.93. The Morgan fingerprint density at radius 1 is 0.348 bits per heavy atom. The molecule has 7 unspecified atom stereocenters. The van der Waals surface area contributed by atoms with E-state index in [2.05, 4.69) is 113 Å². The third-order valence-corrected chi connectivity index (χ3v) is 21.2. The van der Waals surface area contributed by atoms with Gasteiger partial charge in [0, 0.05) is 86.5 Å². The topological polar surface area (TPSA) is 624 Å². The highest BCUT2D eigenvalue weighted by molar-refractivity contribution is 9.10. The monoisotopic (exact) mass is 2290 g/mol. The lowest BCUT2D eigenvalue weighted by molar-refractivity contribution is -0.870. The Bertz CT molecular complexity index is 4080. The predicted molar refractivity (Wildman–Crippen MR) is 505 cm³/mol. The van der Waals surface area contributed by atoms with Crippen molar-refractivity contribution >= 4 is 167 Å². The smallest absolute Gasteiger partial charge is 0.534 e. The average Bonchev–Trinajstić information content (AvgIpc) is 1.75. The lowest BCUT2D eigenvalue weighted by Crippen LogP contribution is -2.45. The van der Waals surface area contributed by atoms with Crippen LogP contribution in [0.15, 0.2) is 24.3 Å². The molecule has 2 aliphatic rings. The number of phosphoric ester groups is 3. The summed E-state index contributed by atoms with van der Waals surface area (Å²) in [6.45, 7) is 22.2. The van der Waals surface area contributed by atoms with E-state index in [0.29, 0.717) is 48.8 Å². The summed E-state index contributed by atoms with van der Waals surface area (Å²) in [6, 6.07) is 0. The number of methoxy groups -OCH3 is 6. The quantitative estimate of drug-likeness (QED) is 0.0104. The van der Waals surface area contributed by atoms with Crippen molar-refractivity contribution in [2.24, 2.45) is 21.7 Å². The number of nitrogens with zero attached hydrogens (tertiary/aromatic N) is 5. The molecule has 141 heavy (non-hydrogen) atoms. The van der Waals surface area contributed by atoms with Crippen LogP contribution in [0.4, 0.5) is 14.4 Å². The number of nitrogens with one attached hydrogen (secondary N) is 1. The molecule has 51 nitrogen and oxygen atoms in total. The van der Waals surface area contributed by atoms with Gasteiger partial charge in [-0.05, 0) is 109 Å². The molecule has 0 spiro atoms. The van der Waals surface area contributed by atoms with Gasteiger partial charge in [0.2, 0.25) is 0 Å². The summed E-state index contributed by atoms with van der Waals surface area (Å²) < 4.78 is 133. The van der Waals surface area contributed by atoms with Crippen LogP contribution in [-0.4, -0.2) is 386 Å². The fourth-order valence-electron chi connectivity index (χ4n) is 10.4. The van der Waals surface area contributed by atoms with E-state index in [-0.39, 0.29) is 122 Å². The summed E-state index contributed by atoms with van der Waals surface area (Å²) >= 11 is 9.69. The van der Waals surface area contributed by atoms with Crippen molar-refractivity contribution in [1.82, 2.24) is 15.4 Å². The second kappa shape index (κ2) is 70.2. The van der Waals surface area contributed by atoms with Gasteiger partial charge in [-0.1, -0.05) is 71.1 Å². The highest BCUT2D eigenvalue weighted by Gasteiger charge is 2.52. The highest BCUT2D eigenvalue weighted by atomic mass is 79.9. The first kappa shape index (κ1) is 144. The zero-order valence-electron chi connectivity index (χ0n) is 86.9. The van der Waals surface area contributed by atoms with E-state index < -0.39 is 188 Å². The van der Waals surface area contributed by atoms with Crippen LogP contribution in [0.25, 0.3) is 0 Å². The van der Waals surface area contributed by atoms with E-state index in [1.54, 1.807) is 77.3 Å². The average molecular weight is 2300 g/mol. The van der Waals surface area contributed by atoms with E-state index in [1.807, 2.05) is 63.4 Å². The van der Waals surface area contributed by atoms with E-state index in [4.69, 9.17) is 60.7 Å². The summed E-state index contributed by atoms with van der Waals surface area (Å²) in [5.74, 6) is -8.53. The number of alkyl carbamates (subject to hydrolysis) is 1. The number of hydrogen-bond donors (Lipinski definition) is 1. The largest absolute Gasteiger partial charge is 0.756 e. The lowest BCUT2D eigenvalue weighted by atomic mass is 9.69. The van der Waals surface area contributed by atoms with Crippen LogP contribution in [0.5, 0.6) is 0 Å². The number of carbonyl (C=O) groups excluding carboxylic acids is 16. The van der Waals surface area contributed by atoms with Crippen molar-refractivity contribution in [3.63, 3.8) is 0 Å². The maximum Gasteiger partial charge on any atom is 0.534 e. The minimum Gasteiger partial charge on any atom is -0.756 e. The minimum absolute atomic E-state index is 0.00403. The SMILES string of the molecule is C=C(C)C(=O)OC.C=C(C)C(=O)OCCOP(=O)([O-])OCC[N+](C)(C)C.CC(C)(Br)C(=O)OCCOC(=O)ON1C(=O)CCC1=O.CNC(=O)OCCOC(=O)C(C)(C)CC(C)(CC(C)(Br)C(=O)OC)C(=O)OCCOP(=O)([O-])OCC[N+](C)(C)C.COC.COC.COC.COC(=O)C(C)(Br)CC(C)(CC(C)(C)C(=O)OCCOC(=O)ON1C(=O)CCC1=O)C(=O)OCCOP(=O)([O-])OCC[N+](C)(C)C. The number of esters is 9. The molecule has 0 aromatic carbocycles. The van der Waals surface area contributed by atoms with Crippen LogP contribution in [0.3, 0.4) is 0 Å². The first-order valence-corrected chi connectivity index (χ1v) is 49.3. The molecule has 0 aromatic rings. The van der Waals surface area contributed by atoms with E-state index >= 15 is 0 Å². The van der Waals surface area contributed by atoms with Crippen molar-refractivity contribution in [3.8, 4) is 0 Å². The molecule has 2 heterocycles. The predicted octanol–water partition coefficient (Wildman–Crippen LogP) is 6.17. The zero-order valence-corrected chi connectivity index (χ0v) is 94.3. The van der Waals surface area contributed by atoms with Crippen LogP contribution in [0.1, 0.15) is 134 Å². The highest BCUT2D eigenvalue weighted by Crippen LogP contribution is 2.47. The Morgan fingerprint density at radius 3 is 0.816 bits per heavy atom. The van der Waals surface area contributed by atoms with Crippen molar-refractivity contribution in [1.29, 1.82) is 0 Å². The van der Waals surface area contributed by atoms with Gasteiger partial charge in [-0.25, -0.2) is 24.0 Å². The summed E-state index contributed by atoms with van der Waals surface area (Å²) in [4.78, 5) is 234. The van der Waals surface area contributed by atoms with Crippen molar-refractivity contribution in [2.45, 2.75) is 147 Å². The number of amides is 5. The van der Waals surface area contributed by atoms with E-state index in [0.717, 1.165) is 0 Å². The Hall–Kier alpha value is -7.67. The first-order chi connectivity index (χ1) is 64.2. The standard InChI is InChI=1S/C27H44BrN2O15P.C24H44BrN2O12P.C11H14BrNO7.C11H22NO6P.C5H8O2.3C2H6O/c1-25(2,21(33)40-13-14-42-24(36)45-29-19(31)9-10-20(29)32)17-26(3,18-27(4,28)23(35)39-8)22(34)41-15-16-44-46(37,38)43-12-11-30(5,6)7;1-22(2,18(28)35-12-13-37-21(31)26-5)16-23(3,17-24(4,25)20(30)34-9)19(29)36-14-15-39-40(32,33)38-11-10-27(6,7)8;1-11(2,12)9(16)18-5-6-19-10(17)20-13-7(14)3-4-8(13)15;1-10(2)11(13)16-8-9-18-19(14,15)17-7-6-12(3,4)5;1-4(2)5(6)7-3;3*1-3-2/h9-18H2,1-8H3;10-17H2,1-9H3,(H-,26,31,32,33);3-6H2,1-2H3;1,6-9H2,2-5H3;1H2,2-3H3;3*1-2H3. The van der Waals surface area contributed by atoms with E-state index in [9.17, 15) is 105 Å². The second-order valence-corrected chi connectivity index (χ2v) is 45.6. The van der Waals surface area contributed by atoms with Gasteiger partial charge in [-0.15, -0.1) is 0 Å². The Balaban J connectivity index is -0.000000429. The number of hydrogen-bond acceptors (Lipinski definition) is 45. The number of phosphoric acid groups is 3. The Kier molecular flexibility index (Phi) is 71.7. The first-order valence-electron chi connectivity index (χ1n) is 42.6. The number of carbonyl (C=O) groups is 16. The van der Waals surface area contributed by atoms with Crippen LogP contribution < -0.4 is 20.0 Å². The molecule has 2 fully saturated rings. The van der Waals surface area contributed by atoms with E-state index in [1.165, 1.54) is 76.8 Å². The molecule has 2 rings (SSSR count). The van der Waals surface area contributed by atoms with Gasteiger partial charge in [0.05, 0.1) is 126 Å². The number of rotatable bonds is 52. The van der Waals surface area contributed by atoms with Gasteiger partial charge < -0.3 is 132 Å². The maximum absolute atomic E-state index is 13.4. The number of halogens is 3. The fourth-order valence-corrected chi connectivity index (χ4v) is 14.1. The Morgan fingerprint density at radius 2 is 0.582 bits per heavy atom. The Labute approximate surface area is 850 Å². The third-order valence-electron chi connectivity index (χ3n) is 16.7. The molecule has 1 N–H and O–H groups in total. The maximum atomic E-state index is 13.4. The van der Waals surface area contributed by atoms with Crippen LogP contribution >= 0.6 is 71.3 Å². The second-order valence-electron chi connectivity index (χ2n) is 35.9. The number of ether oxygens (including phenoxy) is 15. The molecular formula is C84H150Br3N6O45P3. The molecule has 0 saturated carbocycles. The van der Waals surface area contributed by atoms with Gasteiger partial charge in [-0.2, -0.15) is 0 Å². The number of quaternary nitrogens is 3. The lowest BCUT2D eigenvalue weighted by Gasteiger charge is -2.37. The van der Waals surface area contributed by atoms with Crippen LogP contribution in [0, 0.1) is 21.7 Å². The summed E-state index contributed by atoms with van der Waals surface area (Å²) in [6.07, 6.45) is -4.11. The molecular weight excluding hydrogens is 2150 g/mol. The molecule has 5 amide bonds. The van der Waals surface area contributed by atoms with Gasteiger partial charge in [0.25, 0.3) is 47.1 Å². The fraction of sp³-hybridized carbons (Fsp3) is 0.762. The number of alkyl halides is 3.